The molecule has 1 amide bonds. The van der Waals surface area contributed by atoms with Gasteiger partial charge >= 0.3 is 0 Å². The van der Waals surface area contributed by atoms with Crippen molar-refractivity contribution < 1.29 is 4.79 Å². The lowest BCUT2D eigenvalue weighted by Crippen LogP contribution is -2.18. The summed E-state index contributed by atoms with van der Waals surface area (Å²) in [7, 11) is 0. The van der Waals surface area contributed by atoms with Gasteiger partial charge in [-0.15, -0.1) is 0 Å². The van der Waals surface area contributed by atoms with Crippen molar-refractivity contribution in [2.24, 2.45) is 5.73 Å². The second kappa shape index (κ2) is 7.67. The number of carbonyl (C=O) groups is 1. The lowest BCUT2D eigenvalue weighted by molar-refractivity contribution is 0.100. The molecule has 0 aliphatic rings. The zero-order valence-electron chi connectivity index (χ0n) is 10.7. The van der Waals surface area contributed by atoms with E-state index in [1.165, 1.54) is 0 Å². The molecule has 0 aromatic heterocycles. The summed E-state index contributed by atoms with van der Waals surface area (Å²) >= 11 is 7.95. The molecule has 1 atom stereocenters. The minimum absolute atomic E-state index is 0.444. The van der Waals surface area contributed by atoms with Gasteiger partial charge in [0.2, 0.25) is 5.91 Å². The Hall–Kier alpha value is -0.710. The van der Waals surface area contributed by atoms with Crippen molar-refractivity contribution in [3.8, 4) is 0 Å². The second-order valence-corrected chi connectivity index (χ2v) is 5.87. The van der Waals surface area contributed by atoms with Crippen LogP contribution in [-0.4, -0.2) is 24.0 Å². The van der Waals surface area contributed by atoms with E-state index in [1.807, 2.05) is 17.8 Å². The monoisotopic (exact) mass is 286 g/mol. The summed E-state index contributed by atoms with van der Waals surface area (Å²) in [4.78, 5) is 11.0. The van der Waals surface area contributed by atoms with Crippen molar-refractivity contribution in [2.45, 2.75) is 25.1 Å². The predicted molar refractivity (Wildman–Crippen MR) is 79.3 cm³/mol. The van der Waals surface area contributed by atoms with E-state index in [2.05, 4.69) is 18.5 Å². The third-order valence-electron chi connectivity index (χ3n) is 2.78. The van der Waals surface area contributed by atoms with E-state index in [-0.39, 0.29) is 0 Å². The molecule has 3 nitrogen and oxygen atoms in total. The van der Waals surface area contributed by atoms with Crippen LogP contribution in [0.4, 0.5) is 0 Å². The SMILES string of the molecule is CSC(C)CCNCc1ccc(C(N)=O)cc1Cl. The van der Waals surface area contributed by atoms with E-state index in [1.54, 1.807) is 12.1 Å². The first kappa shape index (κ1) is 15.3. The summed E-state index contributed by atoms with van der Waals surface area (Å²) in [5.74, 6) is -0.454. The highest BCUT2D eigenvalue weighted by Crippen LogP contribution is 2.17. The maximum atomic E-state index is 11.0. The quantitative estimate of drug-likeness (QED) is 0.758. The number of amides is 1. The van der Waals surface area contributed by atoms with Crippen molar-refractivity contribution in [3.05, 3.63) is 34.3 Å². The van der Waals surface area contributed by atoms with Crippen LogP contribution in [0.3, 0.4) is 0 Å². The fourth-order valence-corrected chi connectivity index (χ4v) is 2.09. The van der Waals surface area contributed by atoms with Crippen LogP contribution in [0.1, 0.15) is 29.3 Å². The van der Waals surface area contributed by atoms with Crippen molar-refractivity contribution >= 4 is 29.3 Å². The van der Waals surface area contributed by atoms with Crippen LogP contribution in [0.2, 0.25) is 5.02 Å². The van der Waals surface area contributed by atoms with Gasteiger partial charge in [-0.1, -0.05) is 24.6 Å². The van der Waals surface area contributed by atoms with E-state index < -0.39 is 5.91 Å². The molecule has 1 unspecified atom stereocenters. The topological polar surface area (TPSA) is 55.1 Å². The Morgan fingerprint density at radius 2 is 2.28 bits per heavy atom. The Labute approximate surface area is 117 Å². The van der Waals surface area contributed by atoms with E-state index in [0.29, 0.717) is 22.4 Å². The fourth-order valence-electron chi connectivity index (χ4n) is 1.49. The molecular formula is C13H19ClN2OS. The zero-order valence-corrected chi connectivity index (χ0v) is 12.3. The summed E-state index contributed by atoms with van der Waals surface area (Å²) < 4.78 is 0. The Balaban J connectivity index is 2.46. The smallest absolute Gasteiger partial charge is 0.248 e. The van der Waals surface area contributed by atoms with Gasteiger partial charge in [-0.05, 0) is 36.9 Å². The van der Waals surface area contributed by atoms with E-state index in [0.717, 1.165) is 18.5 Å². The predicted octanol–water partition coefficient (Wildman–Crippen LogP) is 2.67. The number of rotatable bonds is 7. The van der Waals surface area contributed by atoms with E-state index >= 15 is 0 Å². The van der Waals surface area contributed by atoms with Gasteiger partial charge in [-0.25, -0.2) is 0 Å². The van der Waals surface area contributed by atoms with Gasteiger partial charge < -0.3 is 11.1 Å². The van der Waals surface area contributed by atoms with E-state index in [4.69, 9.17) is 17.3 Å². The van der Waals surface area contributed by atoms with Gasteiger partial charge in [0.25, 0.3) is 0 Å². The van der Waals surface area contributed by atoms with Crippen LogP contribution in [0, 0.1) is 0 Å². The highest BCUT2D eigenvalue weighted by molar-refractivity contribution is 7.99. The molecule has 100 valence electrons. The average molecular weight is 287 g/mol. The number of primary amides is 1. The molecule has 3 N–H and O–H groups in total. The molecule has 0 heterocycles. The molecule has 1 aromatic carbocycles. The Morgan fingerprint density at radius 1 is 1.56 bits per heavy atom. The Kier molecular flexibility index (Phi) is 6.54. The molecule has 0 aliphatic carbocycles. The minimum Gasteiger partial charge on any atom is -0.366 e. The maximum absolute atomic E-state index is 11.0. The van der Waals surface area contributed by atoms with Gasteiger partial charge in [0.15, 0.2) is 0 Å². The number of nitrogens with one attached hydrogen (secondary N) is 1. The summed E-state index contributed by atoms with van der Waals surface area (Å²) in [6, 6.07) is 5.16. The fraction of sp³-hybridized carbons (Fsp3) is 0.462. The third-order valence-corrected chi connectivity index (χ3v) is 4.18. The standard InChI is InChI=1S/C13H19ClN2OS/c1-9(18-2)5-6-16-8-11-4-3-10(13(15)17)7-12(11)14/h3-4,7,9,16H,5-6,8H2,1-2H3,(H2,15,17). The molecule has 0 saturated heterocycles. The van der Waals surface area contributed by atoms with Gasteiger partial charge in [-0.3, -0.25) is 4.79 Å². The highest BCUT2D eigenvalue weighted by atomic mass is 35.5. The molecule has 1 rings (SSSR count). The number of benzene rings is 1. The van der Waals surface area contributed by atoms with Crippen molar-refractivity contribution in [1.29, 1.82) is 0 Å². The van der Waals surface area contributed by atoms with Crippen LogP contribution < -0.4 is 11.1 Å². The number of carbonyl (C=O) groups excluding carboxylic acids is 1. The van der Waals surface area contributed by atoms with E-state index in [9.17, 15) is 4.79 Å². The normalized spacial score (nSPS) is 12.4. The van der Waals surface area contributed by atoms with Gasteiger partial charge in [0.05, 0.1) is 0 Å². The minimum atomic E-state index is -0.454. The van der Waals surface area contributed by atoms with Crippen LogP contribution in [0.15, 0.2) is 18.2 Å². The largest absolute Gasteiger partial charge is 0.366 e. The average Bonchev–Trinajstić information content (AvgIpc) is 2.35. The molecular weight excluding hydrogens is 268 g/mol. The second-order valence-electron chi connectivity index (χ2n) is 4.18. The number of nitrogens with two attached hydrogens (primary N) is 1. The first-order valence-electron chi connectivity index (χ1n) is 5.86. The maximum Gasteiger partial charge on any atom is 0.248 e. The van der Waals surface area contributed by atoms with Crippen LogP contribution in [0.25, 0.3) is 0 Å². The number of hydrogen-bond donors (Lipinski definition) is 2. The molecule has 0 radical (unpaired) electrons. The molecule has 18 heavy (non-hydrogen) atoms. The third kappa shape index (κ3) is 4.88. The molecule has 0 fully saturated rings. The summed E-state index contributed by atoms with van der Waals surface area (Å²) in [5.41, 5.74) is 6.62. The Bertz CT molecular complexity index is 412. The van der Waals surface area contributed by atoms with Gasteiger partial charge in [0.1, 0.15) is 0 Å². The van der Waals surface area contributed by atoms with Crippen molar-refractivity contribution in [2.75, 3.05) is 12.8 Å². The van der Waals surface area contributed by atoms with Crippen molar-refractivity contribution in [3.63, 3.8) is 0 Å². The molecule has 0 saturated carbocycles. The molecule has 5 heteroatoms. The summed E-state index contributed by atoms with van der Waals surface area (Å²) in [5, 5.41) is 4.58. The molecule has 1 aromatic rings. The number of thioether (sulfide) groups is 1. The lowest BCUT2D eigenvalue weighted by Gasteiger charge is -2.10. The van der Waals surface area contributed by atoms with Crippen LogP contribution >= 0.6 is 23.4 Å². The highest BCUT2D eigenvalue weighted by Gasteiger charge is 2.05. The zero-order chi connectivity index (χ0) is 13.5. The van der Waals surface area contributed by atoms with Gasteiger partial charge in [-0.2, -0.15) is 11.8 Å². The molecule has 0 bridgehead atoms. The molecule has 0 aliphatic heterocycles. The summed E-state index contributed by atoms with van der Waals surface area (Å²) in [6.07, 6.45) is 3.24. The summed E-state index contributed by atoms with van der Waals surface area (Å²) in [6.45, 7) is 3.87. The lowest BCUT2D eigenvalue weighted by atomic mass is 10.1. The molecule has 0 spiro atoms. The Morgan fingerprint density at radius 3 is 2.83 bits per heavy atom. The van der Waals surface area contributed by atoms with Gasteiger partial charge in [0, 0.05) is 22.4 Å². The van der Waals surface area contributed by atoms with Crippen LogP contribution in [0.5, 0.6) is 0 Å². The van der Waals surface area contributed by atoms with Crippen LogP contribution in [-0.2, 0) is 6.54 Å². The van der Waals surface area contributed by atoms with Crippen molar-refractivity contribution in [1.82, 2.24) is 5.32 Å². The first-order chi connectivity index (χ1) is 8.54. The number of halogens is 1. The first-order valence-corrected chi connectivity index (χ1v) is 7.53. The number of hydrogen-bond acceptors (Lipinski definition) is 3.